The first-order chi connectivity index (χ1) is 3.81. The summed E-state index contributed by atoms with van der Waals surface area (Å²) in [6, 6.07) is 0. The normalized spacial score (nSPS) is 8.75. The zero-order valence-electron chi connectivity index (χ0n) is 4.26. The molecule has 0 saturated heterocycles. The van der Waals surface area contributed by atoms with Crippen LogP contribution in [0.15, 0.2) is 0 Å². The predicted molar refractivity (Wildman–Crippen MR) is 31.8 cm³/mol. The number of hydrogen-bond donors (Lipinski definition) is 1. The van der Waals surface area contributed by atoms with Gasteiger partial charge in [0.25, 0.3) is 0 Å². The summed E-state index contributed by atoms with van der Waals surface area (Å²) >= 11 is 3.05. The number of aliphatic hydroxyl groups is 1. The topological polar surface area (TPSA) is 46.5 Å². The predicted octanol–water partition coefficient (Wildman–Crippen LogP) is -0.0832. The highest BCUT2D eigenvalue weighted by Crippen LogP contribution is 1.81. The van der Waals surface area contributed by atoms with E-state index in [1.165, 1.54) is 0 Å². The summed E-state index contributed by atoms with van der Waals surface area (Å²) in [5.74, 6) is -0.579. The Balaban J connectivity index is 2.99. The van der Waals surface area contributed by atoms with Crippen molar-refractivity contribution in [2.24, 2.45) is 0 Å². The molecule has 0 saturated carbocycles. The van der Waals surface area contributed by atoms with E-state index < -0.39 is 12.6 Å². The molecule has 0 aromatic carbocycles. The minimum absolute atomic E-state index is 0.319. The largest absolute Gasteiger partial charge is 0.463 e. The lowest BCUT2D eigenvalue weighted by Crippen LogP contribution is -2.10. The Hall–Kier alpha value is -0.0900. The monoisotopic (exact) mass is 182 g/mol. The van der Waals surface area contributed by atoms with E-state index in [4.69, 9.17) is 5.11 Å². The van der Waals surface area contributed by atoms with Gasteiger partial charge >= 0.3 is 5.97 Å². The SMILES string of the molecule is O=C(CO)OCCBr. The molecule has 8 heavy (non-hydrogen) atoms. The van der Waals surface area contributed by atoms with Crippen molar-refractivity contribution >= 4 is 21.9 Å². The molecule has 0 heterocycles. The summed E-state index contributed by atoms with van der Waals surface area (Å²) in [5, 5.41) is 8.68. The molecule has 4 heteroatoms. The van der Waals surface area contributed by atoms with Crippen molar-refractivity contribution in [2.75, 3.05) is 18.5 Å². The standard InChI is InChI=1S/C4H7BrO3/c5-1-2-8-4(7)3-6/h6H,1-3H2. The third kappa shape index (κ3) is 4.08. The molecule has 0 atom stereocenters. The zero-order valence-corrected chi connectivity index (χ0v) is 5.85. The fraction of sp³-hybridized carbons (Fsp3) is 0.750. The minimum atomic E-state index is -0.579. The number of halogens is 1. The molecule has 0 spiro atoms. The number of ether oxygens (including phenoxy) is 1. The number of rotatable bonds is 3. The number of carbonyl (C=O) groups is 1. The molecule has 0 aliphatic heterocycles. The number of hydrogen-bond acceptors (Lipinski definition) is 3. The van der Waals surface area contributed by atoms with Crippen molar-refractivity contribution in [3.63, 3.8) is 0 Å². The number of alkyl halides is 1. The van der Waals surface area contributed by atoms with Crippen LogP contribution in [0, 0.1) is 0 Å². The summed E-state index contributed by atoms with van der Waals surface area (Å²) in [6.07, 6.45) is 0. The molecule has 3 nitrogen and oxygen atoms in total. The third-order valence-electron chi connectivity index (χ3n) is 0.469. The summed E-state index contributed by atoms with van der Waals surface area (Å²) in [6.45, 7) is -0.216. The zero-order chi connectivity index (χ0) is 6.41. The lowest BCUT2D eigenvalue weighted by Gasteiger charge is -1.96. The maximum atomic E-state index is 10.1. The Labute approximate surface area is 55.8 Å². The van der Waals surface area contributed by atoms with Crippen LogP contribution >= 0.6 is 15.9 Å². The molecule has 0 rings (SSSR count). The maximum absolute atomic E-state index is 10.1. The van der Waals surface area contributed by atoms with E-state index in [2.05, 4.69) is 20.7 Å². The third-order valence-corrected chi connectivity index (χ3v) is 0.793. The molecule has 0 amide bonds. The quantitative estimate of drug-likeness (QED) is 0.491. The van der Waals surface area contributed by atoms with Gasteiger partial charge in [-0.3, -0.25) is 0 Å². The molecular formula is C4H7BrO3. The summed E-state index contributed by atoms with van der Waals surface area (Å²) in [7, 11) is 0. The first kappa shape index (κ1) is 7.91. The molecule has 0 aliphatic carbocycles. The van der Waals surface area contributed by atoms with Crippen molar-refractivity contribution in [1.29, 1.82) is 0 Å². The van der Waals surface area contributed by atoms with Gasteiger partial charge in [-0.2, -0.15) is 0 Å². The molecule has 0 radical (unpaired) electrons. The molecule has 48 valence electrons. The van der Waals surface area contributed by atoms with Crippen LogP contribution in [0.3, 0.4) is 0 Å². The van der Waals surface area contributed by atoms with Gasteiger partial charge in [0.05, 0.1) is 0 Å². The average Bonchev–Trinajstić information content (AvgIpc) is 1.83. The lowest BCUT2D eigenvalue weighted by atomic mass is 10.7. The van der Waals surface area contributed by atoms with E-state index in [9.17, 15) is 4.79 Å². The van der Waals surface area contributed by atoms with Gasteiger partial charge in [-0.25, -0.2) is 4.79 Å². The van der Waals surface area contributed by atoms with E-state index >= 15 is 0 Å². The fourth-order valence-electron chi connectivity index (χ4n) is 0.198. The summed E-state index contributed by atoms with van der Waals surface area (Å²) in [5.41, 5.74) is 0. The van der Waals surface area contributed by atoms with Crippen LogP contribution in [-0.4, -0.2) is 29.6 Å². The van der Waals surface area contributed by atoms with Crippen LogP contribution in [0.1, 0.15) is 0 Å². The van der Waals surface area contributed by atoms with Gasteiger partial charge in [0.15, 0.2) is 0 Å². The van der Waals surface area contributed by atoms with Gasteiger partial charge in [-0.15, -0.1) is 0 Å². The van der Waals surface area contributed by atoms with E-state index in [1.54, 1.807) is 0 Å². The van der Waals surface area contributed by atoms with Crippen LogP contribution < -0.4 is 0 Å². The molecule has 0 bridgehead atoms. The van der Waals surface area contributed by atoms with Crippen LogP contribution in [0.25, 0.3) is 0 Å². The van der Waals surface area contributed by atoms with E-state index in [0.717, 1.165) is 0 Å². The van der Waals surface area contributed by atoms with Gasteiger partial charge < -0.3 is 9.84 Å². The maximum Gasteiger partial charge on any atom is 0.331 e. The van der Waals surface area contributed by atoms with E-state index in [0.29, 0.717) is 11.9 Å². The highest BCUT2D eigenvalue weighted by molar-refractivity contribution is 9.09. The second-order valence-electron chi connectivity index (χ2n) is 1.07. The number of aliphatic hydroxyl groups excluding tert-OH is 1. The fourth-order valence-corrected chi connectivity index (χ4v) is 0.360. The van der Waals surface area contributed by atoms with Gasteiger partial charge in [0, 0.05) is 5.33 Å². The van der Waals surface area contributed by atoms with E-state index in [-0.39, 0.29) is 0 Å². The smallest absolute Gasteiger partial charge is 0.331 e. The second kappa shape index (κ2) is 5.05. The highest BCUT2D eigenvalue weighted by atomic mass is 79.9. The van der Waals surface area contributed by atoms with Crippen molar-refractivity contribution in [2.45, 2.75) is 0 Å². The Morgan fingerprint density at radius 3 is 2.75 bits per heavy atom. The van der Waals surface area contributed by atoms with Crippen LogP contribution in [0.5, 0.6) is 0 Å². The van der Waals surface area contributed by atoms with Crippen molar-refractivity contribution in [3.8, 4) is 0 Å². The average molecular weight is 183 g/mol. The van der Waals surface area contributed by atoms with Gasteiger partial charge in [-0.05, 0) is 0 Å². The van der Waals surface area contributed by atoms with Gasteiger partial charge in [0.1, 0.15) is 13.2 Å². The Bertz CT molecular complexity index is 73.7. The van der Waals surface area contributed by atoms with Crippen LogP contribution in [0.4, 0.5) is 0 Å². The molecule has 1 N–H and O–H groups in total. The lowest BCUT2D eigenvalue weighted by molar-refractivity contribution is -0.146. The molecule has 0 unspecified atom stereocenters. The van der Waals surface area contributed by atoms with E-state index in [1.807, 2.05) is 0 Å². The molecule has 0 aliphatic rings. The molecule has 0 aromatic heterocycles. The van der Waals surface area contributed by atoms with Crippen molar-refractivity contribution in [3.05, 3.63) is 0 Å². The van der Waals surface area contributed by atoms with Crippen molar-refractivity contribution in [1.82, 2.24) is 0 Å². The molecule has 0 aromatic rings. The molecule has 0 fully saturated rings. The van der Waals surface area contributed by atoms with Crippen molar-refractivity contribution < 1.29 is 14.6 Å². The number of esters is 1. The second-order valence-corrected chi connectivity index (χ2v) is 1.86. The Kier molecular flexibility index (Phi) is 5.00. The summed E-state index contributed by atoms with van der Waals surface area (Å²) < 4.78 is 4.40. The van der Waals surface area contributed by atoms with Crippen LogP contribution in [0.2, 0.25) is 0 Å². The molecular weight excluding hydrogens is 176 g/mol. The summed E-state index contributed by atoms with van der Waals surface area (Å²) in [4.78, 5) is 10.1. The first-order valence-corrected chi connectivity index (χ1v) is 3.26. The highest BCUT2D eigenvalue weighted by Gasteiger charge is 1.95. The van der Waals surface area contributed by atoms with Crippen LogP contribution in [-0.2, 0) is 9.53 Å². The van der Waals surface area contributed by atoms with Gasteiger partial charge in [0.2, 0.25) is 0 Å². The number of carbonyl (C=O) groups excluding carboxylic acids is 1. The Morgan fingerprint density at radius 1 is 1.75 bits per heavy atom. The Morgan fingerprint density at radius 2 is 2.38 bits per heavy atom. The van der Waals surface area contributed by atoms with Gasteiger partial charge in [-0.1, -0.05) is 15.9 Å². The minimum Gasteiger partial charge on any atom is -0.463 e. The first-order valence-electron chi connectivity index (χ1n) is 2.13.